The highest BCUT2D eigenvalue weighted by atomic mass is 32.2. The number of nitrogens with zero attached hydrogens (tertiary/aromatic N) is 2. The lowest BCUT2D eigenvalue weighted by atomic mass is 10.2. The van der Waals surface area contributed by atoms with Crippen molar-refractivity contribution in [2.24, 2.45) is 5.92 Å². The number of hydrogen-bond donors (Lipinski definition) is 1. The predicted molar refractivity (Wildman–Crippen MR) is 92.7 cm³/mol. The van der Waals surface area contributed by atoms with Gasteiger partial charge in [0.15, 0.2) is 0 Å². The Morgan fingerprint density at radius 1 is 1.36 bits per heavy atom. The van der Waals surface area contributed by atoms with Crippen molar-refractivity contribution in [3.8, 4) is 0 Å². The lowest BCUT2D eigenvalue weighted by Crippen LogP contribution is -2.35. The van der Waals surface area contributed by atoms with Crippen molar-refractivity contribution in [1.29, 1.82) is 0 Å². The highest BCUT2D eigenvalue weighted by Gasteiger charge is 2.28. The summed E-state index contributed by atoms with van der Waals surface area (Å²) in [6.07, 6.45) is 2.49. The maximum Gasteiger partial charge on any atom is 0.230 e. The standard InChI is InChI=1S/C16H21N3OS2/c1-8-10(3)22-16-14(8)15(18-11(4)19-16)21-7-13(20)17-9(2)12-5-6-12/h9,12H,5-7H2,1-4H3,(H,17,20)/t9-/m1/s1. The third-order valence-electron chi connectivity index (χ3n) is 4.17. The van der Waals surface area contributed by atoms with E-state index in [1.165, 1.54) is 35.0 Å². The summed E-state index contributed by atoms with van der Waals surface area (Å²) < 4.78 is 0. The van der Waals surface area contributed by atoms with Crippen LogP contribution in [0, 0.1) is 26.7 Å². The number of rotatable bonds is 5. The minimum absolute atomic E-state index is 0.0958. The molecule has 4 nitrogen and oxygen atoms in total. The van der Waals surface area contributed by atoms with Gasteiger partial charge in [-0.2, -0.15) is 0 Å². The zero-order valence-corrected chi connectivity index (χ0v) is 15.0. The second-order valence-corrected chi connectivity index (χ2v) is 8.19. The van der Waals surface area contributed by atoms with Crippen LogP contribution in [0.25, 0.3) is 10.2 Å². The van der Waals surface area contributed by atoms with Crippen LogP contribution >= 0.6 is 23.1 Å². The van der Waals surface area contributed by atoms with Gasteiger partial charge in [-0.3, -0.25) is 4.79 Å². The average Bonchev–Trinajstić information content (AvgIpc) is 3.24. The molecular formula is C16H21N3OS2. The summed E-state index contributed by atoms with van der Waals surface area (Å²) in [6.45, 7) is 8.21. The van der Waals surface area contributed by atoms with Gasteiger partial charge in [0.1, 0.15) is 15.7 Å². The zero-order valence-electron chi connectivity index (χ0n) is 13.4. The predicted octanol–water partition coefficient (Wildman–Crippen LogP) is 3.62. The van der Waals surface area contributed by atoms with E-state index in [0.29, 0.717) is 17.7 Å². The summed E-state index contributed by atoms with van der Waals surface area (Å²) in [5.74, 6) is 1.96. The van der Waals surface area contributed by atoms with Gasteiger partial charge < -0.3 is 5.32 Å². The SMILES string of the molecule is Cc1nc(SCC(=O)N[C@H](C)C2CC2)c2c(C)c(C)sc2n1. The zero-order chi connectivity index (χ0) is 15.9. The summed E-state index contributed by atoms with van der Waals surface area (Å²) in [5.41, 5.74) is 1.23. The topological polar surface area (TPSA) is 54.9 Å². The Bertz CT molecular complexity index is 722. The van der Waals surface area contributed by atoms with E-state index in [4.69, 9.17) is 0 Å². The maximum atomic E-state index is 12.1. The number of carbonyl (C=O) groups is 1. The van der Waals surface area contributed by atoms with Crippen LogP contribution in [0.15, 0.2) is 5.03 Å². The molecule has 1 aliphatic carbocycles. The van der Waals surface area contributed by atoms with Gasteiger partial charge in [-0.05, 0) is 52.0 Å². The smallest absolute Gasteiger partial charge is 0.230 e. The van der Waals surface area contributed by atoms with Gasteiger partial charge in [-0.25, -0.2) is 9.97 Å². The molecule has 1 saturated carbocycles. The number of nitrogens with one attached hydrogen (secondary N) is 1. The highest BCUT2D eigenvalue weighted by molar-refractivity contribution is 8.00. The Kier molecular flexibility index (Phi) is 4.41. The van der Waals surface area contributed by atoms with Crippen LogP contribution in [0.4, 0.5) is 0 Å². The van der Waals surface area contributed by atoms with E-state index < -0.39 is 0 Å². The van der Waals surface area contributed by atoms with E-state index in [1.807, 2.05) is 6.92 Å². The van der Waals surface area contributed by atoms with E-state index in [9.17, 15) is 4.79 Å². The quantitative estimate of drug-likeness (QED) is 0.670. The molecule has 0 bridgehead atoms. The first-order valence-electron chi connectivity index (χ1n) is 7.62. The van der Waals surface area contributed by atoms with Crippen LogP contribution < -0.4 is 5.32 Å². The van der Waals surface area contributed by atoms with Gasteiger partial charge in [-0.15, -0.1) is 11.3 Å². The van der Waals surface area contributed by atoms with E-state index in [0.717, 1.165) is 21.1 Å². The molecule has 3 rings (SSSR count). The van der Waals surface area contributed by atoms with Crippen LogP contribution in [0.2, 0.25) is 0 Å². The van der Waals surface area contributed by atoms with Gasteiger partial charge in [0, 0.05) is 16.3 Å². The fourth-order valence-corrected chi connectivity index (χ4v) is 4.64. The number of thiophene rings is 1. The fourth-order valence-electron chi connectivity index (χ4n) is 2.56. The molecule has 0 saturated heterocycles. The van der Waals surface area contributed by atoms with Gasteiger partial charge in [0.05, 0.1) is 5.75 Å². The molecule has 2 aromatic rings. The molecular weight excluding hydrogens is 314 g/mol. The van der Waals surface area contributed by atoms with Crippen LogP contribution in [0.1, 0.15) is 36.0 Å². The maximum absolute atomic E-state index is 12.1. The van der Waals surface area contributed by atoms with Gasteiger partial charge in [0.25, 0.3) is 0 Å². The minimum Gasteiger partial charge on any atom is -0.353 e. The van der Waals surface area contributed by atoms with Crippen molar-refractivity contribution < 1.29 is 4.79 Å². The fraction of sp³-hybridized carbons (Fsp3) is 0.562. The van der Waals surface area contributed by atoms with Crippen LogP contribution in [-0.4, -0.2) is 27.7 Å². The van der Waals surface area contributed by atoms with Gasteiger partial charge >= 0.3 is 0 Å². The molecule has 0 aliphatic heterocycles. The van der Waals surface area contributed by atoms with E-state index in [1.54, 1.807) is 11.3 Å². The first kappa shape index (κ1) is 15.7. The molecule has 0 radical (unpaired) electrons. The lowest BCUT2D eigenvalue weighted by molar-refractivity contribution is -0.119. The summed E-state index contributed by atoms with van der Waals surface area (Å²) >= 11 is 3.22. The molecule has 6 heteroatoms. The highest BCUT2D eigenvalue weighted by Crippen LogP contribution is 2.35. The monoisotopic (exact) mass is 335 g/mol. The van der Waals surface area contributed by atoms with Gasteiger partial charge in [-0.1, -0.05) is 11.8 Å². The van der Waals surface area contributed by atoms with E-state index in [-0.39, 0.29) is 5.91 Å². The third-order valence-corrected chi connectivity index (χ3v) is 6.24. The second kappa shape index (κ2) is 6.16. The molecule has 0 aromatic carbocycles. The Morgan fingerprint density at radius 2 is 2.09 bits per heavy atom. The molecule has 1 N–H and O–H groups in total. The van der Waals surface area contributed by atoms with Crippen molar-refractivity contribution >= 4 is 39.2 Å². The molecule has 1 aliphatic rings. The number of aryl methyl sites for hydroxylation is 3. The largest absolute Gasteiger partial charge is 0.353 e. The van der Waals surface area contributed by atoms with Crippen molar-refractivity contribution in [3.05, 3.63) is 16.3 Å². The lowest BCUT2D eigenvalue weighted by Gasteiger charge is -2.12. The molecule has 118 valence electrons. The van der Waals surface area contributed by atoms with Crippen LogP contribution in [0.5, 0.6) is 0 Å². The molecule has 0 unspecified atom stereocenters. The number of aromatic nitrogens is 2. The van der Waals surface area contributed by atoms with E-state index >= 15 is 0 Å². The Hall–Kier alpha value is -1.14. The molecule has 22 heavy (non-hydrogen) atoms. The number of thioether (sulfide) groups is 1. The summed E-state index contributed by atoms with van der Waals surface area (Å²) in [5, 5.41) is 5.14. The molecule has 1 atom stereocenters. The first-order chi connectivity index (χ1) is 10.5. The van der Waals surface area contributed by atoms with Crippen LogP contribution in [-0.2, 0) is 4.79 Å². The number of hydrogen-bond acceptors (Lipinski definition) is 5. The summed E-state index contributed by atoms with van der Waals surface area (Å²) in [4.78, 5) is 23.5. The van der Waals surface area contributed by atoms with E-state index in [2.05, 4.69) is 36.1 Å². The average molecular weight is 335 g/mol. The third kappa shape index (κ3) is 3.27. The first-order valence-corrected chi connectivity index (χ1v) is 9.42. The number of fused-ring (bicyclic) bond motifs is 1. The van der Waals surface area contributed by atoms with Crippen molar-refractivity contribution in [2.45, 2.75) is 51.6 Å². The van der Waals surface area contributed by atoms with Gasteiger partial charge in [0.2, 0.25) is 5.91 Å². The number of carbonyl (C=O) groups excluding carboxylic acids is 1. The Morgan fingerprint density at radius 3 is 2.77 bits per heavy atom. The van der Waals surface area contributed by atoms with Crippen molar-refractivity contribution in [3.63, 3.8) is 0 Å². The molecule has 0 spiro atoms. The normalized spacial score (nSPS) is 16.0. The number of amides is 1. The molecule has 2 aromatic heterocycles. The van der Waals surface area contributed by atoms with Crippen LogP contribution in [0.3, 0.4) is 0 Å². The summed E-state index contributed by atoms with van der Waals surface area (Å²) in [6, 6.07) is 0.297. The summed E-state index contributed by atoms with van der Waals surface area (Å²) in [7, 11) is 0. The Balaban J connectivity index is 1.74. The van der Waals surface area contributed by atoms with Crippen molar-refractivity contribution in [1.82, 2.24) is 15.3 Å². The van der Waals surface area contributed by atoms with Crippen molar-refractivity contribution in [2.75, 3.05) is 5.75 Å². The molecule has 2 heterocycles. The Labute approximate surface area is 139 Å². The molecule has 1 amide bonds. The molecule has 1 fully saturated rings. The second-order valence-electron chi connectivity index (χ2n) is 6.02. The minimum atomic E-state index is 0.0958.